The number of carbonyl (C=O) groups is 1. The molecule has 2 aromatic carbocycles. The molecule has 0 saturated heterocycles. The summed E-state index contributed by atoms with van der Waals surface area (Å²) in [5.41, 5.74) is 5.97. The molecule has 1 aromatic heterocycles. The van der Waals surface area contributed by atoms with Crippen molar-refractivity contribution < 1.29 is 18.3 Å². The molecule has 0 aliphatic rings. The Bertz CT molecular complexity index is 938. The van der Waals surface area contributed by atoms with Crippen molar-refractivity contribution in [3.63, 3.8) is 0 Å². The summed E-state index contributed by atoms with van der Waals surface area (Å²) in [6.07, 6.45) is 0. The number of benzene rings is 2. The van der Waals surface area contributed by atoms with Crippen LogP contribution in [-0.2, 0) is 11.3 Å². The highest BCUT2D eigenvalue weighted by Gasteiger charge is 2.15. The van der Waals surface area contributed by atoms with Crippen molar-refractivity contribution in [1.82, 2.24) is 15.0 Å². The standard InChI is InChI=1S/C17H13F2N5O2/c18-10-6-7-12(13(19)8-10)15(25)26-9-14-22-16(20)24-17(23-14)21-11-4-2-1-3-5-11/h1-8H,9H2,(H3,20,21,22,23,24). The number of nitrogens with two attached hydrogens (primary N) is 1. The van der Waals surface area contributed by atoms with Crippen LogP contribution < -0.4 is 11.1 Å². The molecule has 0 unspecified atom stereocenters. The number of nitrogen functional groups attached to an aromatic ring is 1. The fraction of sp³-hybridized carbons (Fsp3) is 0.0588. The maximum atomic E-state index is 13.6. The molecule has 0 atom stereocenters. The van der Waals surface area contributed by atoms with Gasteiger partial charge in [-0.05, 0) is 24.3 Å². The van der Waals surface area contributed by atoms with E-state index in [0.717, 1.165) is 17.8 Å². The second kappa shape index (κ2) is 7.51. The van der Waals surface area contributed by atoms with Crippen LogP contribution >= 0.6 is 0 Å². The Morgan fingerprint density at radius 1 is 1.08 bits per heavy atom. The maximum absolute atomic E-state index is 13.6. The van der Waals surface area contributed by atoms with Gasteiger partial charge in [0.2, 0.25) is 11.9 Å². The topological polar surface area (TPSA) is 103 Å². The highest BCUT2D eigenvalue weighted by molar-refractivity contribution is 5.89. The average molecular weight is 357 g/mol. The Kier molecular flexibility index (Phi) is 4.97. The zero-order chi connectivity index (χ0) is 18.5. The van der Waals surface area contributed by atoms with E-state index in [9.17, 15) is 13.6 Å². The van der Waals surface area contributed by atoms with Gasteiger partial charge < -0.3 is 15.8 Å². The molecule has 0 bridgehead atoms. The predicted molar refractivity (Wildman–Crippen MR) is 89.4 cm³/mol. The quantitative estimate of drug-likeness (QED) is 0.677. The van der Waals surface area contributed by atoms with Gasteiger partial charge in [-0.1, -0.05) is 18.2 Å². The summed E-state index contributed by atoms with van der Waals surface area (Å²) in [7, 11) is 0. The van der Waals surface area contributed by atoms with Crippen LogP contribution in [0.4, 0.5) is 26.4 Å². The van der Waals surface area contributed by atoms with E-state index in [1.165, 1.54) is 0 Å². The summed E-state index contributed by atoms with van der Waals surface area (Å²) in [5.74, 6) is -2.61. The van der Waals surface area contributed by atoms with Gasteiger partial charge in [-0.15, -0.1) is 0 Å². The van der Waals surface area contributed by atoms with Gasteiger partial charge in [-0.3, -0.25) is 0 Å². The van der Waals surface area contributed by atoms with E-state index in [1.54, 1.807) is 12.1 Å². The van der Waals surface area contributed by atoms with Gasteiger partial charge in [-0.2, -0.15) is 15.0 Å². The summed E-state index contributed by atoms with van der Waals surface area (Å²) in [6, 6.07) is 11.7. The monoisotopic (exact) mass is 357 g/mol. The summed E-state index contributed by atoms with van der Waals surface area (Å²) in [4.78, 5) is 23.8. The molecule has 0 aliphatic carbocycles. The first-order chi connectivity index (χ1) is 12.5. The van der Waals surface area contributed by atoms with Crippen LogP contribution in [0.1, 0.15) is 16.2 Å². The first-order valence-corrected chi connectivity index (χ1v) is 7.46. The lowest BCUT2D eigenvalue weighted by molar-refractivity contribution is 0.0456. The van der Waals surface area contributed by atoms with Gasteiger partial charge in [0, 0.05) is 11.8 Å². The number of carbonyl (C=O) groups excluding carboxylic acids is 1. The molecule has 0 amide bonds. The van der Waals surface area contributed by atoms with Crippen LogP contribution in [0.3, 0.4) is 0 Å². The lowest BCUT2D eigenvalue weighted by atomic mass is 10.2. The maximum Gasteiger partial charge on any atom is 0.341 e. The number of anilines is 3. The largest absolute Gasteiger partial charge is 0.454 e. The number of hydrogen-bond acceptors (Lipinski definition) is 7. The van der Waals surface area contributed by atoms with Crippen molar-refractivity contribution in [2.24, 2.45) is 0 Å². The van der Waals surface area contributed by atoms with E-state index in [4.69, 9.17) is 10.5 Å². The molecule has 7 nitrogen and oxygen atoms in total. The number of rotatable bonds is 5. The Labute approximate surface area is 146 Å². The fourth-order valence-corrected chi connectivity index (χ4v) is 2.07. The van der Waals surface area contributed by atoms with Gasteiger partial charge in [0.05, 0.1) is 5.56 Å². The molecule has 3 N–H and O–H groups in total. The zero-order valence-electron chi connectivity index (χ0n) is 13.3. The van der Waals surface area contributed by atoms with Crippen molar-refractivity contribution in [3.05, 3.63) is 71.6 Å². The highest BCUT2D eigenvalue weighted by atomic mass is 19.1. The van der Waals surface area contributed by atoms with Gasteiger partial charge in [-0.25, -0.2) is 13.6 Å². The molecule has 0 spiro atoms. The van der Waals surface area contributed by atoms with E-state index in [-0.39, 0.29) is 24.3 Å². The van der Waals surface area contributed by atoms with E-state index < -0.39 is 23.2 Å². The Hall–Kier alpha value is -3.62. The lowest BCUT2D eigenvalue weighted by Gasteiger charge is -2.08. The molecule has 9 heteroatoms. The zero-order valence-corrected chi connectivity index (χ0v) is 13.3. The van der Waals surface area contributed by atoms with E-state index in [1.807, 2.05) is 18.2 Å². The first kappa shape index (κ1) is 17.2. The van der Waals surface area contributed by atoms with Gasteiger partial charge in [0.1, 0.15) is 11.6 Å². The Morgan fingerprint density at radius 2 is 1.85 bits per heavy atom. The molecular weight excluding hydrogens is 344 g/mol. The molecule has 0 aliphatic heterocycles. The molecule has 0 fully saturated rings. The van der Waals surface area contributed by atoms with Crippen molar-refractivity contribution in [3.8, 4) is 0 Å². The summed E-state index contributed by atoms with van der Waals surface area (Å²) >= 11 is 0. The Balaban J connectivity index is 1.70. The Morgan fingerprint density at radius 3 is 2.58 bits per heavy atom. The molecule has 132 valence electrons. The number of nitrogens with one attached hydrogen (secondary N) is 1. The number of esters is 1. The second-order valence-electron chi connectivity index (χ2n) is 5.12. The smallest absolute Gasteiger partial charge is 0.341 e. The number of halogens is 2. The van der Waals surface area contributed by atoms with E-state index in [2.05, 4.69) is 20.3 Å². The minimum Gasteiger partial charge on any atom is -0.454 e. The second-order valence-corrected chi connectivity index (χ2v) is 5.12. The number of aromatic nitrogens is 3. The molecule has 1 heterocycles. The SMILES string of the molecule is Nc1nc(COC(=O)c2ccc(F)cc2F)nc(Nc2ccccc2)n1. The van der Waals surface area contributed by atoms with E-state index in [0.29, 0.717) is 6.07 Å². The third-order valence-corrected chi connectivity index (χ3v) is 3.21. The molecular formula is C17H13F2N5O2. The van der Waals surface area contributed by atoms with Crippen molar-refractivity contribution >= 4 is 23.6 Å². The normalized spacial score (nSPS) is 10.4. The third kappa shape index (κ3) is 4.26. The molecule has 0 saturated carbocycles. The summed E-state index contributed by atoms with van der Waals surface area (Å²) in [6.45, 7) is -0.355. The van der Waals surface area contributed by atoms with Gasteiger partial charge >= 0.3 is 5.97 Å². The summed E-state index contributed by atoms with van der Waals surface area (Å²) in [5, 5.41) is 2.94. The average Bonchev–Trinajstić information content (AvgIpc) is 2.60. The van der Waals surface area contributed by atoms with Crippen LogP contribution in [-0.4, -0.2) is 20.9 Å². The van der Waals surface area contributed by atoms with Gasteiger partial charge in [0.15, 0.2) is 12.4 Å². The minimum atomic E-state index is -1.02. The number of nitrogens with zero attached hydrogens (tertiary/aromatic N) is 3. The number of ether oxygens (including phenoxy) is 1. The predicted octanol–water partition coefficient (Wildman–Crippen LogP) is 2.83. The number of para-hydroxylation sites is 1. The van der Waals surface area contributed by atoms with Crippen molar-refractivity contribution in [2.45, 2.75) is 6.61 Å². The van der Waals surface area contributed by atoms with Crippen molar-refractivity contribution in [1.29, 1.82) is 0 Å². The minimum absolute atomic E-state index is 0.0718. The van der Waals surface area contributed by atoms with Crippen LogP contribution in [0.2, 0.25) is 0 Å². The van der Waals surface area contributed by atoms with E-state index >= 15 is 0 Å². The number of hydrogen-bond donors (Lipinski definition) is 2. The summed E-state index contributed by atoms with van der Waals surface area (Å²) < 4.78 is 31.4. The highest BCUT2D eigenvalue weighted by Crippen LogP contribution is 2.14. The van der Waals surface area contributed by atoms with Crippen LogP contribution in [0, 0.1) is 11.6 Å². The first-order valence-electron chi connectivity index (χ1n) is 7.46. The fourth-order valence-electron chi connectivity index (χ4n) is 2.07. The molecule has 0 radical (unpaired) electrons. The van der Waals surface area contributed by atoms with Crippen LogP contribution in [0.5, 0.6) is 0 Å². The molecule has 3 aromatic rings. The lowest BCUT2D eigenvalue weighted by Crippen LogP contribution is -2.12. The van der Waals surface area contributed by atoms with Gasteiger partial charge in [0.25, 0.3) is 0 Å². The molecule has 3 rings (SSSR count). The molecule has 26 heavy (non-hydrogen) atoms. The van der Waals surface area contributed by atoms with Crippen LogP contribution in [0.15, 0.2) is 48.5 Å². The van der Waals surface area contributed by atoms with Crippen molar-refractivity contribution in [2.75, 3.05) is 11.1 Å². The third-order valence-electron chi connectivity index (χ3n) is 3.21. The van der Waals surface area contributed by atoms with Crippen LogP contribution in [0.25, 0.3) is 0 Å².